The molecule has 4 rings (SSSR count). The molecule has 1 atom stereocenters. The second-order valence-corrected chi connectivity index (χ2v) is 7.49. The topological polar surface area (TPSA) is 63.2 Å². The van der Waals surface area contributed by atoms with E-state index in [1.54, 1.807) is 24.4 Å². The van der Waals surface area contributed by atoms with E-state index in [2.05, 4.69) is 15.6 Å². The van der Waals surface area contributed by atoms with E-state index in [1.807, 2.05) is 13.0 Å². The lowest BCUT2D eigenvalue weighted by molar-refractivity contribution is 0.0950. The molecule has 2 aromatic rings. The van der Waals surface area contributed by atoms with E-state index in [0.717, 1.165) is 18.4 Å². The lowest BCUT2D eigenvalue weighted by Gasteiger charge is -2.16. The molecule has 1 amide bonds. The average molecular weight is 369 g/mol. The smallest absolute Gasteiger partial charge is 0.253 e. The van der Waals surface area contributed by atoms with Crippen molar-refractivity contribution in [3.8, 4) is 5.75 Å². The minimum Gasteiger partial charge on any atom is -0.490 e. The fourth-order valence-corrected chi connectivity index (χ4v) is 2.81. The van der Waals surface area contributed by atoms with Gasteiger partial charge in [-0.2, -0.15) is 0 Å². The summed E-state index contributed by atoms with van der Waals surface area (Å²) >= 11 is 0. The molecule has 0 aliphatic heterocycles. The van der Waals surface area contributed by atoms with Gasteiger partial charge in [0.1, 0.15) is 5.82 Å². The highest BCUT2D eigenvalue weighted by molar-refractivity contribution is 5.94. The first kappa shape index (κ1) is 17.8. The number of benzene rings is 1. The van der Waals surface area contributed by atoms with Crippen LogP contribution in [-0.2, 0) is 0 Å². The van der Waals surface area contributed by atoms with Gasteiger partial charge in [-0.15, -0.1) is 0 Å². The molecule has 2 aliphatic rings. The number of ether oxygens (including phenoxy) is 1. The zero-order chi connectivity index (χ0) is 18.8. The summed E-state index contributed by atoms with van der Waals surface area (Å²) < 4.78 is 19.8. The van der Waals surface area contributed by atoms with E-state index in [9.17, 15) is 9.18 Å². The molecule has 1 aromatic carbocycles. The van der Waals surface area contributed by atoms with Crippen LogP contribution in [0.15, 0.2) is 36.5 Å². The number of pyridine rings is 1. The van der Waals surface area contributed by atoms with Gasteiger partial charge >= 0.3 is 0 Å². The van der Waals surface area contributed by atoms with Crippen molar-refractivity contribution in [2.45, 2.75) is 44.7 Å². The van der Waals surface area contributed by atoms with Crippen molar-refractivity contribution in [1.29, 1.82) is 0 Å². The van der Waals surface area contributed by atoms with Crippen LogP contribution in [0.25, 0.3) is 0 Å². The van der Waals surface area contributed by atoms with Gasteiger partial charge in [-0.1, -0.05) is 6.07 Å². The Hall–Kier alpha value is -2.63. The maximum absolute atomic E-state index is 14.3. The molecule has 5 nitrogen and oxygen atoms in total. The fourth-order valence-electron chi connectivity index (χ4n) is 2.81. The van der Waals surface area contributed by atoms with Crippen LogP contribution in [0, 0.1) is 11.7 Å². The number of hydrogen-bond acceptors (Lipinski definition) is 4. The number of carbonyl (C=O) groups is 1. The van der Waals surface area contributed by atoms with Crippen molar-refractivity contribution < 1.29 is 13.9 Å². The molecule has 27 heavy (non-hydrogen) atoms. The van der Waals surface area contributed by atoms with Crippen molar-refractivity contribution in [1.82, 2.24) is 10.3 Å². The third kappa shape index (κ3) is 4.76. The Morgan fingerprint density at radius 3 is 2.70 bits per heavy atom. The lowest BCUT2D eigenvalue weighted by Crippen LogP contribution is -2.25. The van der Waals surface area contributed by atoms with Crippen molar-refractivity contribution >= 4 is 11.7 Å². The maximum atomic E-state index is 14.3. The molecule has 1 unspecified atom stereocenters. The van der Waals surface area contributed by atoms with Crippen LogP contribution in [0.4, 0.5) is 10.2 Å². The Balaban J connectivity index is 1.35. The molecule has 6 heteroatoms. The first-order chi connectivity index (χ1) is 13.1. The van der Waals surface area contributed by atoms with Gasteiger partial charge < -0.3 is 15.4 Å². The highest BCUT2D eigenvalue weighted by Gasteiger charge is 2.24. The molecule has 1 heterocycles. The van der Waals surface area contributed by atoms with E-state index >= 15 is 0 Å². The SMILES string of the molecule is CC(Nc1ccc(C(=O)NC2CC2)cn1)c1ccc(OCC2CC2)c(F)c1. The number of rotatable bonds is 8. The summed E-state index contributed by atoms with van der Waals surface area (Å²) in [6.45, 7) is 2.53. The molecule has 2 saturated carbocycles. The number of hydrogen-bond donors (Lipinski definition) is 2. The highest BCUT2D eigenvalue weighted by Crippen LogP contribution is 2.31. The minimum absolute atomic E-state index is 0.0894. The van der Waals surface area contributed by atoms with Gasteiger partial charge in [0, 0.05) is 12.2 Å². The molecule has 0 saturated heterocycles. The number of aromatic nitrogens is 1. The monoisotopic (exact) mass is 369 g/mol. The van der Waals surface area contributed by atoms with Crippen LogP contribution in [-0.4, -0.2) is 23.5 Å². The third-order valence-corrected chi connectivity index (χ3v) is 4.93. The van der Waals surface area contributed by atoms with Crippen molar-refractivity contribution in [2.24, 2.45) is 5.92 Å². The summed E-state index contributed by atoms with van der Waals surface area (Å²) in [5.74, 6) is 1.10. The van der Waals surface area contributed by atoms with Crippen LogP contribution in [0.3, 0.4) is 0 Å². The molecule has 142 valence electrons. The van der Waals surface area contributed by atoms with Crippen LogP contribution >= 0.6 is 0 Å². The predicted octanol–water partition coefficient (Wildman–Crippen LogP) is 4.07. The first-order valence-corrected chi connectivity index (χ1v) is 9.54. The van der Waals surface area contributed by atoms with Gasteiger partial charge in [0.15, 0.2) is 11.6 Å². The Morgan fingerprint density at radius 1 is 1.26 bits per heavy atom. The summed E-state index contributed by atoms with van der Waals surface area (Å²) in [4.78, 5) is 16.3. The Morgan fingerprint density at radius 2 is 2.07 bits per heavy atom. The van der Waals surface area contributed by atoms with E-state index in [-0.39, 0.29) is 17.8 Å². The van der Waals surface area contributed by atoms with Crippen molar-refractivity contribution in [2.75, 3.05) is 11.9 Å². The van der Waals surface area contributed by atoms with Crippen molar-refractivity contribution in [3.63, 3.8) is 0 Å². The van der Waals surface area contributed by atoms with E-state index in [4.69, 9.17) is 4.74 Å². The van der Waals surface area contributed by atoms with Gasteiger partial charge in [0.05, 0.1) is 18.2 Å². The lowest BCUT2D eigenvalue weighted by atomic mass is 10.1. The molecular formula is C21H24FN3O2. The van der Waals surface area contributed by atoms with E-state index < -0.39 is 0 Å². The summed E-state index contributed by atoms with van der Waals surface area (Å²) in [5, 5.41) is 6.17. The summed E-state index contributed by atoms with van der Waals surface area (Å²) in [7, 11) is 0. The number of nitrogens with zero attached hydrogens (tertiary/aromatic N) is 1. The van der Waals surface area contributed by atoms with E-state index in [0.29, 0.717) is 35.7 Å². The van der Waals surface area contributed by atoms with Gasteiger partial charge in [0.25, 0.3) is 5.91 Å². The quantitative estimate of drug-likeness (QED) is 0.736. The zero-order valence-electron chi connectivity index (χ0n) is 15.4. The van der Waals surface area contributed by atoms with Crippen LogP contribution in [0.5, 0.6) is 5.75 Å². The number of halogens is 1. The molecule has 1 aromatic heterocycles. The average Bonchev–Trinajstić information content (AvgIpc) is 3.57. The van der Waals surface area contributed by atoms with Gasteiger partial charge in [-0.25, -0.2) is 9.37 Å². The molecule has 0 bridgehead atoms. The summed E-state index contributed by atoms with van der Waals surface area (Å²) in [6.07, 6.45) is 6.01. The molecule has 2 fully saturated rings. The molecule has 0 radical (unpaired) electrons. The Kier molecular flexibility index (Phi) is 4.97. The molecule has 0 spiro atoms. The summed E-state index contributed by atoms with van der Waals surface area (Å²) in [5.41, 5.74) is 1.35. The van der Waals surface area contributed by atoms with Crippen LogP contribution < -0.4 is 15.4 Å². The first-order valence-electron chi connectivity index (χ1n) is 9.54. The summed E-state index contributed by atoms with van der Waals surface area (Å²) in [6, 6.07) is 8.75. The second-order valence-electron chi connectivity index (χ2n) is 7.49. The highest BCUT2D eigenvalue weighted by atomic mass is 19.1. The number of anilines is 1. The van der Waals surface area contributed by atoms with Gasteiger partial charge in [0.2, 0.25) is 0 Å². The predicted molar refractivity (Wildman–Crippen MR) is 101 cm³/mol. The zero-order valence-corrected chi connectivity index (χ0v) is 15.4. The Bertz CT molecular complexity index is 817. The van der Waals surface area contributed by atoms with E-state index in [1.165, 1.54) is 18.9 Å². The van der Waals surface area contributed by atoms with Gasteiger partial charge in [-0.3, -0.25) is 4.79 Å². The second kappa shape index (κ2) is 7.55. The standard InChI is InChI=1S/C21H24FN3O2/c1-13(15-4-8-19(18(22)10-15)27-12-14-2-3-14)24-20-9-5-16(11-23-20)21(26)25-17-6-7-17/h4-5,8-11,13-14,17H,2-3,6-7,12H2,1H3,(H,23,24)(H,25,26). The molecule has 2 aliphatic carbocycles. The third-order valence-electron chi connectivity index (χ3n) is 4.93. The number of amides is 1. The Labute approximate surface area is 158 Å². The number of nitrogens with one attached hydrogen (secondary N) is 2. The number of carbonyl (C=O) groups excluding carboxylic acids is 1. The molecule has 2 N–H and O–H groups in total. The maximum Gasteiger partial charge on any atom is 0.253 e. The largest absolute Gasteiger partial charge is 0.490 e. The minimum atomic E-state index is -0.346. The normalized spacial score (nSPS) is 17.3. The fraction of sp³-hybridized carbons (Fsp3) is 0.429. The van der Waals surface area contributed by atoms with Gasteiger partial charge in [-0.05, 0) is 68.4 Å². The van der Waals surface area contributed by atoms with Crippen molar-refractivity contribution in [3.05, 3.63) is 53.5 Å². The van der Waals surface area contributed by atoms with Crippen LogP contribution in [0.1, 0.15) is 54.6 Å². The molecular weight excluding hydrogens is 345 g/mol. The van der Waals surface area contributed by atoms with Crippen LogP contribution in [0.2, 0.25) is 0 Å².